The summed E-state index contributed by atoms with van der Waals surface area (Å²) in [5, 5.41) is 0. The number of likely N-dealkylation sites (N-methyl/N-ethyl adjacent to an activating group) is 1. The fraction of sp³-hybridized carbons (Fsp3) is 0.417. The molecule has 1 fully saturated rings. The minimum atomic E-state index is -3.93. The van der Waals surface area contributed by atoms with E-state index in [0.29, 0.717) is 25.1 Å². The van der Waals surface area contributed by atoms with Gasteiger partial charge in [-0.2, -0.15) is 0 Å². The molecule has 188 valence electrons. The number of ether oxygens (including phenoxy) is 1. The quantitative estimate of drug-likeness (QED) is 0.513. The summed E-state index contributed by atoms with van der Waals surface area (Å²) in [6.45, 7) is 3.30. The number of carbonyl (C=O) groups excluding carboxylic acids is 2. The van der Waals surface area contributed by atoms with Crippen molar-refractivity contribution in [3.8, 4) is 0 Å². The van der Waals surface area contributed by atoms with Crippen LogP contribution in [0.1, 0.15) is 36.2 Å². The summed E-state index contributed by atoms with van der Waals surface area (Å²) in [6, 6.07) is 12.1. The summed E-state index contributed by atoms with van der Waals surface area (Å²) in [5.41, 5.74) is 1.56. The molecule has 2 atom stereocenters. The highest BCUT2D eigenvalue weighted by atomic mass is 32.2. The van der Waals surface area contributed by atoms with Crippen molar-refractivity contribution in [2.75, 3.05) is 29.0 Å². The highest BCUT2D eigenvalue weighted by molar-refractivity contribution is 7.93. The molecule has 0 bridgehead atoms. The largest absolute Gasteiger partial charge is 0.452 e. The fourth-order valence-electron chi connectivity index (χ4n) is 4.75. The number of sulfone groups is 1. The first-order valence-electron chi connectivity index (χ1n) is 11.4. The van der Waals surface area contributed by atoms with Crippen molar-refractivity contribution in [3.63, 3.8) is 0 Å². The van der Waals surface area contributed by atoms with Crippen LogP contribution in [0.4, 0.5) is 5.69 Å². The van der Waals surface area contributed by atoms with E-state index in [1.807, 2.05) is 19.1 Å². The second kappa shape index (κ2) is 9.62. The number of benzene rings is 2. The Labute approximate surface area is 205 Å². The van der Waals surface area contributed by atoms with E-state index in [1.165, 1.54) is 33.5 Å². The summed E-state index contributed by atoms with van der Waals surface area (Å²) < 4.78 is 56.9. The molecule has 2 aliphatic rings. The Bertz CT molecular complexity index is 1360. The second-order valence-electron chi connectivity index (χ2n) is 8.82. The first-order chi connectivity index (χ1) is 16.5. The molecule has 1 amide bonds. The molecule has 0 aromatic heterocycles. The van der Waals surface area contributed by atoms with Crippen molar-refractivity contribution < 1.29 is 31.2 Å². The Kier molecular flexibility index (Phi) is 6.92. The Balaban J connectivity index is 1.47. The van der Waals surface area contributed by atoms with Gasteiger partial charge in [-0.1, -0.05) is 24.3 Å². The van der Waals surface area contributed by atoms with Crippen LogP contribution in [0.5, 0.6) is 0 Å². The molecule has 0 spiro atoms. The molecule has 2 aromatic carbocycles. The predicted octanol–water partition coefficient (Wildman–Crippen LogP) is 2.02. The molecule has 0 saturated carbocycles. The van der Waals surface area contributed by atoms with Gasteiger partial charge in [-0.05, 0) is 56.5 Å². The first kappa shape index (κ1) is 25.2. The lowest BCUT2D eigenvalue weighted by Gasteiger charge is -2.26. The van der Waals surface area contributed by atoms with Gasteiger partial charge < -0.3 is 9.64 Å². The molecule has 4 rings (SSSR count). The van der Waals surface area contributed by atoms with Crippen molar-refractivity contribution in [1.29, 1.82) is 0 Å². The van der Waals surface area contributed by atoms with Crippen LogP contribution in [0.3, 0.4) is 0 Å². The van der Waals surface area contributed by atoms with Gasteiger partial charge in [-0.25, -0.2) is 21.6 Å². The minimum Gasteiger partial charge on any atom is -0.452 e. The average molecular weight is 521 g/mol. The van der Waals surface area contributed by atoms with E-state index in [0.717, 1.165) is 5.56 Å². The number of fused-ring (bicyclic) bond motifs is 1. The van der Waals surface area contributed by atoms with Gasteiger partial charge in [0.1, 0.15) is 0 Å². The summed E-state index contributed by atoms with van der Waals surface area (Å²) in [5.74, 6) is -1.39. The first-order valence-corrected chi connectivity index (χ1v) is 14.7. The monoisotopic (exact) mass is 520 g/mol. The van der Waals surface area contributed by atoms with Gasteiger partial charge in [0.25, 0.3) is 15.9 Å². The van der Waals surface area contributed by atoms with Crippen LogP contribution in [0, 0.1) is 0 Å². The Morgan fingerprint density at radius 1 is 1.14 bits per heavy atom. The molecule has 0 radical (unpaired) electrons. The van der Waals surface area contributed by atoms with Crippen LogP contribution >= 0.6 is 0 Å². The average Bonchev–Trinajstić information content (AvgIpc) is 3.36. The standard InChI is InChI=1S/C24H28N2O7S2/c1-3-25(20-11-12-34(29,30)16-20)23(27)15-33-24(28)19-8-6-9-21(14-19)35(31,32)26-17(2)13-18-7-4-5-10-22(18)26/h4-10,14,17,20H,3,11-13,15-16H2,1-2H3/t17-,20-/m0/s1. The molecule has 1 saturated heterocycles. The van der Waals surface area contributed by atoms with E-state index in [4.69, 9.17) is 4.74 Å². The fourth-order valence-corrected chi connectivity index (χ4v) is 8.22. The van der Waals surface area contributed by atoms with Gasteiger partial charge in [0.15, 0.2) is 16.4 Å². The lowest BCUT2D eigenvalue weighted by Crippen LogP contribution is -2.43. The molecule has 0 N–H and O–H groups in total. The summed E-state index contributed by atoms with van der Waals surface area (Å²) >= 11 is 0. The maximum atomic E-state index is 13.4. The number of sulfonamides is 1. The number of para-hydroxylation sites is 1. The molecule has 0 unspecified atom stereocenters. The van der Waals surface area contributed by atoms with Gasteiger partial charge >= 0.3 is 5.97 Å². The van der Waals surface area contributed by atoms with Crippen molar-refractivity contribution >= 4 is 37.4 Å². The smallest absolute Gasteiger partial charge is 0.338 e. The van der Waals surface area contributed by atoms with Gasteiger partial charge in [0.2, 0.25) is 0 Å². The molecule has 9 nitrogen and oxygen atoms in total. The molecule has 35 heavy (non-hydrogen) atoms. The predicted molar refractivity (Wildman–Crippen MR) is 130 cm³/mol. The zero-order valence-corrected chi connectivity index (χ0v) is 21.2. The van der Waals surface area contributed by atoms with Crippen LogP contribution in [-0.2, 0) is 35.8 Å². The molecular weight excluding hydrogens is 492 g/mol. The molecule has 2 aromatic rings. The number of esters is 1. The SMILES string of the molecule is CCN(C(=O)COC(=O)c1cccc(S(=O)(=O)N2c3ccccc3C[C@@H]2C)c1)[C@H]1CCS(=O)(=O)C1. The summed E-state index contributed by atoms with van der Waals surface area (Å²) in [4.78, 5) is 26.6. The molecule has 11 heteroatoms. The van der Waals surface area contributed by atoms with Crippen molar-refractivity contribution in [2.24, 2.45) is 0 Å². The van der Waals surface area contributed by atoms with E-state index in [2.05, 4.69) is 0 Å². The third-order valence-corrected chi connectivity index (χ3v) is 10.1. The van der Waals surface area contributed by atoms with E-state index in [9.17, 15) is 26.4 Å². The minimum absolute atomic E-state index is 0.00510. The highest BCUT2D eigenvalue weighted by Crippen LogP contribution is 2.36. The maximum absolute atomic E-state index is 13.4. The molecule has 0 aliphatic carbocycles. The maximum Gasteiger partial charge on any atom is 0.338 e. The number of nitrogens with zero attached hydrogens (tertiary/aromatic N) is 2. The number of amides is 1. The van der Waals surface area contributed by atoms with Crippen LogP contribution in [0.25, 0.3) is 0 Å². The van der Waals surface area contributed by atoms with Gasteiger partial charge in [-0.15, -0.1) is 0 Å². The van der Waals surface area contributed by atoms with Crippen molar-refractivity contribution in [1.82, 2.24) is 4.90 Å². The van der Waals surface area contributed by atoms with Gasteiger partial charge in [0, 0.05) is 18.6 Å². The normalized spacial score (nSPS) is 20.9. The van der Waals surface area contributed by atoms with E-state index >= 15 is 0 Å². The third-order valence-electron chi connectivity index (χ3n) is 6.41. The molecular formula is C24H28N2O7S2. The third kappa shape index (κ3) is 5.06. The van der Waals surface area contributed by atoms with Crippen molar-refractivity contribution in [3.05, 3.63) is 59.7 Å². The van der Waals surface area contributed by atoms with Crippen LogP contribution < -0.4 is 4.31 Å². The summed E-state index contributed by atoms with van der Waals surface area (Å²) in [7, 11) is -7.10. The van der Waals surface area contributed by atoms with Crippen molar-refractivity contribution in [2.45, 2.75) is 43.7 Å². The lowest BCUT2D eigenvalue weighted by molar-refractivity contribution is -0.136. The number of anilines is 1. The zero-order valence-electron chi connectivity index (χ0n) is 19.6. The van der Waals surface area contributed by atoms with Gasteiger partial charge in [-0.3, -0.25) is 9.10 Å². The van der Waals surface area contributed by atoms with E-state index in [1.54, 1.807) is 19.1 Å². The number of hydrogen-bond donors (Lipinski definition) is 0. The van der Waals surface area contributed by atoms with Gasteiger partial charge in [0.05, 0.1) is 27.7 Å². The van der Waals surface area contributed by atoms with Crippen LogP contribution in [0.15, 0.2) is 53.4 Å². The molecule has 2 heterocycles. The Hall–Kier alpha value is -2.92. The second-order valence-corrected chi connectivity index (χ2v) is 12.9. The van der Waals surface area contributed by atoms with Crippen LogP contribution in [0.2, 0.25) is 0 Å². The summed E-state index contributed by atoms with van der Waals surface area (Å²) in [6.07, 6.45) is 0.948. The Morgan fingerprint density at radius 3 is 2.57 bits per heavy atom. The number of hydrogen-bond acceptors (Lipinski definition) is 7. The highest BCUT2D eigenvalue weighted by Gasteiger charge is 2.36. The van der Waals surface area contributed by atoms with E-state index < -0.39 is 44.4 Å². The molecule has 2 aliphatic heterocycles. The number of rotatable bonds is 7. The zero-order chi connectivity index (χ0) is 25.4. The van der Waals surface area contributed by atoms with E-state index in [-0.39, 0.29) is 28.0 Å². The van der Waals surface area contributed by atoms with Crippen LogP contribution in [-0.4, -0.2) is 70.4 Å². The topological polar surface area (TPSA) is 118 Å². The number of carbonyl (C=O) groups is 2. The lowest BCUT2D eigenvalue weighted by atomic mass is 10.1. The Morgan fingerprint density at radius 2 is 1.89 bits per heavy atom.